The number of hydrogen-bond donors (Lipinski definition) is 1. The molecular formula is C38H41N3. The molecule has 1 aliphatic rings. The van der Waals surface area contributed by atoms with Crippen LogP contribution in [-0.4, -0.2) is 18.0 Å². The van der Waals surface area contributed by atoms with Crippen LogP contribution in [0.2, 0.25) is 0 Å². The number of nitrogens with two attached hydrogens (primary N) is 1. The molecule has 1 aromatic rings. The van der Waals surface area contributed by atoms with Crippen LogP contribution in [0.3, 0.4) is 0 Å². The highest BCUT2D eigenvalue weighted by atomic mass is 15.1. The SMILES string of the molecule is C#CC/C=C1\C(=C/C/C(C)=C/C=C\C=C)C/C=C(C/C=C\C=C)\C=C/CN1C/C(N)=C/C(=C)c1ccc(C#N)cc1. The number of terminal acetylenes is 1. The average molecular weight is 540 g/mol. The Morgan fingerprint density at radius 3 is 2.56 bits per heavy atom. The van der Waals surface area contributed by atoms with Crippen LogP contribution in [0.4, 0.5) is 0 Å². The van der Waals surface area contributed by atoms with Gasteiger partial charge in [-0.1, -0.05) is 104 Å². The zero-order valence-corrected chi connectivity index (χ0v) is 24.2. The van der Waals surface area contributed by atoms with Gasteiger partial charge in [0.2, 0.25) is 0 Å². The number of nitrogens with zero attached hydrogens (tertiary/aromatic N) is 2. The fraction of sp³-hybridized carbons (Fsp3) is 0.184. The predicted molar refractivity (Wildman–Crippen MR) is 177 cm³/mol. The van der Waals surface area contributed by atoms with Crippen LogP contribution >= 0.6 is 0 Å². The molecule has 0 amide bonds. The highest BCUT2D eigenvalue weighted by Gasteiger charge is 2.15. The van der Waals surface area contributed by atoms with E-state index in [0.717, 1.165) is 36.1 Å². The van der Waals surface area contributed by atoms with Gasteiger partial charge in [-0.3, -0.25) is 0 Å². The van der Waals surface area contributed by atoms with E-state index in [1.807, 2.05) is 36.4 Å². The van der Waals surface area contributed by atoms with E-state index in [2.05, 4.69) is 86.1 Å². The first-order valence-electron chi connectivity index (χ1n) is 13.7. The molecule has 208 valence electrons. The summed E-state index contributed by atoms with van der Waals surface area (Å²) in [7, 11) is 0. The zero-order valence-electron chi connectivity index (χ0n) is 24.2. The molecule has 2 N–H and O–H groups in total. The van der Waals surface area contributed by atoms with Crippen molar-refractivity contribution in [2.24, 2.45) is 5.73 Å². The van der Waals surface area contributed by atoms with Gasteiger partial charge in [-0.25, -0.2) is 0 Å². The van der Waals surface area contributed by atoms with Gasteiger partial charge in [0.05, 0.1) is 18.2 Å². The van der Waals surface area contributed by atoms with Crippen molar-refractivity contribution in [1.29, 1.82) is 5.26 Å². The van der Waals surface area contributed by atoms with Gasteiger partial charge in [0.1, 0.15) is 0 Å². The Hall–Kier alpha value is -4.99. The number of rotatable bonds is 12. The lowest BCUT2D eigenvalue weighted by atomic mass is 10.0. The first-order valence-corrected chi connectivity index (χ1v) is 13.7. The molecule has 1 aliphatic heterocycles. The van der Waals surface area contributed by atoms with Gasteiger partial charge in [0.15, 0.2) is 0 Å². The summed E-state index contributed by atoms with van der Waals surface area (Å²) in [6.45, 7) is 15.0. The Kier molecular flexibility index (Phi) is 14.4. The molecule has 0 saturated heterocycles. The van der Waals surface area contributed by atoms with E-state index in [0.29, 0.717) is 30.8 Å². The molecule has 0 fully saturated rings. The normalized spacial score (nSPS) is 18.7. The van der Waals surface area contributed by atoms with E-state index in [9.17, 15) is 0 Å². The van der Waals surface area contributed by atoms with E-state index in [1.165, 1.54) is 16.7 Å². The van der Waals surface area contributed by atoms with E-state index >= 15 is 0 Å². The van der Waals surface area contributed by atoms with Gasteiger partial charge in [-0.2, -0.15) is 5.26 Å². The summed E-state index contributed by atoms with van der Waals surface area (Å²) in [5.74, 6) is 2.77. The number of hydrogen-bond acceptors (Lipinski definition) is 3. The molecule has 1 aromatic carbocycles. The molecule has 0 atom stereocenters. The molecule has 3 nitrogen and oxygen atoms in total. The maximum absolute atomic E-state index is 9.09. The summed E-state index contributed by atoms with van der Waals surface area (Å²) in [5.41, 5.74) is 14.4. The molecule has 41 heavy (non-hydrogen) atoms. The summed E-state index contributed by atoms with van der Waals surface area (Å²) in [4.78, 5) is 2.27. The molecule has 0 radical (unpaired) electrons. The quantitative estimate of drug-likeness (QED) is 0.214. The minimum absolute atomic E-state index is 0.510. The van der Waals surface area contributed by atoms with Gasteiger partial charge in [0.25, 0.3) is 0 Å². The molecule has 1 heterocycles. The van der Waals surface area contributed by atoms with Crippen molar-refractivity contribution < 1.29 is 0 Å². The minimum Gasteiger partial charge on any atom is -0.401 e. The molecule has 2 rings (SSSR count). The molecule has 0 bridgehead atoms. The van der Waals surface area contributed by atoms with Crippen LogP contribution in [0.5, 0.6) is 0 Å². The second kappa shape index (κ2) is 18.3. The second-order valence-corrected chi connectivity index (χ2v) is 9.63. The monoisotopic (exact) mass is 539 g/mol. The molecule has 0 aliphatic carbocycles. The lowest BCUT2D eigenvalue weighted by molar-refractivity contribution is 0.414. The standard InChI is InChI=1S/C38H41N3/c1-6-9-12-15-31(4)19-23-36-26-20-33(16-13-10-7-2)17-14-27-41(38(36)18-11-8-3)30-37(40)28-32(5)35-24-21-34(29-39)22-25-35/h3,6-7,9-10,12-15,17-18,20-25,28H,1-2,5,11,16,19,26-27,30,40H2,4H3/b12-9-,13-10-,17-14-,31-15+,33-20-,36-23-,37-28-,38-18+. The summed E-state index contributed by atoms with van der Waals surface area (Å²) < 4.78 is 0. The number of benzene rings is 1. The van der Waals surface area contributed by atoms with Crippen LogP contribution < -0.4 is 5.73 Å². The lowest BCUT2D eigenvalue weighted by Gasteiger charge is -2.28. The fourth-order valence-electron chi connectivity index (χ4n) is 4.23. The molecule has 3 heteroatoms. The Balaban J connectivity index is 2.46. The van der Waals surface area contributed by atoms with Crippen LogP contribution in [0, 0.1) is 23.7 Å². The molecule has 0 aromatic heterocycles. The summed E-state index contributed by atoms with van der Waals surface area (Å²) in [5, 5.41) is 9.09. The fourth-order valence-corrected chi connectivity index (χ4v) is 4.23. The maximum Gasteiger partial charge on any atom is 0.0991 e. The van der Waals surface area contributed by atoms with Crippen LogP contribution in [0.15, 0.2) is 151 Å². The minimum atomic E-state index is 0.510. The van der Waals surface area contributed by atoms with Crippen LogP contribution in [0.1, 0.15) is 43.7 Å². The van der Waals surface area contributed by atoms with Gasteiger partial charge in [0, 0.05) is 24.4 Å². The summed E-state index contributed by atoms with van der Waals surface area (Å²) in [6, 6.07) is 9.50. The maximum atomic E-state index is 9.09. The van der Waals surface area contributed by atoms with Crippen molar-refractivity contribution in [1.82, 2.24) is 4.90 Å². The van der Waals surface area contributed by atoms with Crippen molar-refractivity contribution in [2.45, 2.75) is 32.6 Å². The molecular weight excluding hydrogens is 498 g/mol. The highest BCUT2D eigenvalue weighted by Crippen LogP contribution is 2.26. The van der Waals surface area contributed by atoms with Crippen molar-refractivity contribution in [3.8, 4) is 18.4 Å². The molecule has 0 spiro atoms. The summed E-state index contributed by atoms with van der Waals surface area (Å²) in [6.07, 6.45) is 35.3. The highest BCUT2D eigenvalue weighted by molar-refractivity contribution is 5.73. The number of nitriles is 1. The van der Waals surface area contributed by atoms with Gasteiger partial charge in [-0.15, -0.1) is 12.3 Å². The van der Waals surface area contributed by atoms with Crippen molar-refractivity contribution >= 4 is 5.57 Å². The third-order valence-corrected chi connectivity index (χ3v) is 6.37. The first-order chi connectivity index (χ1) is 19.9. The Bertz CT molecular complexity index is 1400. The third kappa shape index (κ3) is 11.7. The second-order valence-electron chi connectivity index (χ2n) is 9.63. The van der Waals surface area contributed by atoms with Crippen LogP contribution in [0.25, 0.3) is 5.57 Å². The largest absolute Gasteiger partial charge is 0.401 e. The number of allylic oxidation sites excluding steroid dienone is 16. The summed E-state index contributed by atoms with van der Waals surface area (Å²) >= 11 is 0. The lowest BCUT2D eigenvalue weighted by Crippen LogP contribution is -2.29. The smallest absolute Gasteiger partial charge is 0.0991 e. The van der Waals surface area contributed by atoms with E-state index in [1.54, 1.807) is 24.3 Å². The van der Waals surface area contributed by atoms with Gasteiger partial charge in [-0.05, 0) is 72.8 Å². The van der Waals surface area contributed by atoms with Crippen molar-refractivity contribution in [3.05, 3.63) is 162 Å². The van der Waals surface area contributed by atoms with Crippen molar-refractivity contribution in [3.63, 3.8) is 0 Å². The average Bonchev–Trinajstić information content (AvgIpc) is 3.04. The van der Waals surface area contributed by atoms with E-state index < -0.39 is 0 Å². The first kappa shape index (κ1) is 32.2. The van der Waals surface area contributed by atoms with Gasteiger partial charge < -0.3 is 10.6 Å². The van der Waals surface area contributed by atoms with Crippen LogP contribution in [-0.2, 0) is 0 Å². The van der Waals surface area contributed by atoms with E-state index in [4.69, 9.17) is 17.4 Å². The molecule has 0 unspecified atom stereocenters. The van der Waals surface area contributed by atoms with Crippen molar-refractivity contribution in [2.75, 3.05) is 13.1 Å². The zero-order chi connectivity index (χ0) is 29.9. The molecule has 0 saturated carbocycles. The third-order valence-electron chi connectivity index (χ3n) is 6.37. The Labute approximate surface area is 247 Å². The Morgan fingerprint density at radius 1 is 1.12 bits per heavy atom. The topological polar surface area (TPSA) is 53.0 Å². The Morgan fingerprint density at radius 2 is 1.88 bits per heavy atom. The van der Waals surface area contributed by atoms with Gasteiger partial charge >= 0.3 is 0 Å². The van der Waals surface area contributed by atoms with E-state index in [-0.39, 0.29) is 0 Å². The predicted octanol–water partition coefficient (Wildman–Crippen LogP) is 8.65.